The number of fused-ring (bicyclic) bond motifs is 1. The van der Waals surface area contributed by atoms with Crippen LogP contribution in [0.2, 0.25) is 0 Å². The molecule has 20 heavy (non-hydrogen) atoms. The third-order valence-corrected chi connectivity index (χ3v) is 3.61. The lowest BCUT2D eigenvalue weighted by molar-refractivity contribution is -0.121. The van der Waals surface area contributed by atoms with Gasteiger partial charge in [0.25, 0.3) is 0 Å². The fourth-order valence-electron chi connectivity index (χ4n) is 2.58. The molecule has 0 spiro atoms. The number of rotatable bonds is 4. The van der Waals surface area contributed by atoms with Crippen molar-refractivity contribution in [3.05, 3.63) is 47.8 Å². The third-order valence-electron chi connectivity index (χ3n) is 3.61. The van der Waals surface area contributed by atoms with Crippen molar-refractivity contribution in [2.75, 3.05) is 11.9 Å². The molecule has 5 heteroatoms. The second kappa shape index (κ2) is 5.36. The van der Waals surface area contributed by atoms with Crippen LogP contribution in [0.3, 0.4) is 0 Å². The summed E-state index contributed by atoms with van der Waals surface area (Å²) in [5.41, 5.74) is 3.27. The quantitative estimate of drug-likeness (QED) is 0.888. The average molecular weight is 270 g/mol. The maximum atomic E-state index is 12.0. The number of anilines is 1. The van der Waals surface area contributed by atoms with E-state index in [-0.39, 0.29) is 11.8 Å². The Hall–Kier alpha value is -2.30. The SMILES string of the molecule is Cn1ccc(CNC(=O)CC2CNc3ccccc32)n1. The van der Waals surface area contributed by atoms with Gasteiger partial charge in [0, 0.05) is 37.8 Å². The molecule has 1 amide bonds. The molecule has 1 atom stereocenters. The molecule has 0 radical (unpaired) electrons. The number of benzene rings is 1. The van der Waals surface area contributed by atoms with Crippen LogP contribution in [0.4, 0.5) is 5.69 Å². The highest BCUT2D eigenvalue weighted by Gasteiger charge is 2.23. The van der Waals surface area contributed by atoms with E-state index in [9.17, 15) is 4.79 Å². The monoisotopic (exact) mass is 270 g/mol. The summed E-state index contributed by atoms with van der Waals surface area (Å²) in [4.78, 5) is 12.0. The lowest BCUT2D eigenvalue weighted by Gasteiger charge is -2.10. The zero-order chi connectivity index (χ0) is 13.9. The fourth-order valence-corrected chi connectivity index (χ4v) is 2.58. The Balaban J connectivity index is 1.55. The standard InChI is InChI=1S/C15H18N4O/c1-19-7-6-12(18-19)10-17-15(20)8-11-9-16-14-5-3-2-4-13(11)14/h2-7,11,16H,8-10H2,1H3,(H,17,20). The summed E-state index contributed by atoms with van der Waals surface area (Å²) >= 11 is 0. The van der Waals surface area contributed by atoms with E-state index < -0.39 is 0 Å². The van der Waals surface area contributed by atoms with Crippen LogP contribution in [0, 0.1) is 0 Å². The molecule has 2 heterocycles. The predicted molar refractivity (Wildman–Crippen MR) is 77.3 cm³/mol. The van der Waals surface area contributed by atoms with Gasteiger partial charge < -0.3 is 10.6 Å². The summed E-state index contributed by atoms with van der Waals surface area (Å²) in [5.74, 6) is 0.328. The third kappa shape index (κ3) is 2.66. The number of amides is 1. The molecule has 0 saturated carbocycles. The van der Waals surface area contributed by atoms with E-state index in [2.05, 4.69) is 27.9 Å². The second-order valence-corrected chi connectivity index (χ2v) is 5.13. The molecule has 0 aliphatic carbocycles. The van der Waals surface area contributed by atoms with Crippen molar-refractivity contribution in [3.8, 4) is 0 Å². The average Bonchev–Trinajstić information content (AvgIpc) is 3.04. The minimum absolute atomic E-state index is 0.0687. The van der Waals surface area contributed by atoms with E-state index in [1.165, 1.54) is 5.56 Å². The lowest BCUT2D eigenvalue weighted by Crippen LogP contribution is -2.25. The Labute approximate surface area is 118 Å². The molecule has 0 bridgehead atoms. The van der Waals surface area contributed by atoms with Gasteiger partial charge in [-0.3, -0.25) is 9.48 Å². The number of carbonyl (C=O) groups excluding carboxylic acids is 1. The zero-order valence-electron chi connectivity index (χ0n) is 11.5. The summed E-state index contributed by atoms with van der Waals surface area (Å²) < 4.78 is 1.73. The van der Waals surface area contributed by atoms with Crippen LogP contribution in [0.25, 0.3) is 0 Å². The van der Waals surface area contributed by atoms with Crippen molar-refractivity contribution in [1.82, 2.24) is 15.1 Å². The van der Waals surface area contributed by atoms with Crippen molar-refractivity contribution in [1.29, 1.82) is 0 Å². The Morgan fingerprint density at radius 2 is 2.30 bits per heavy atom. The molecule has 1 aliphatic heterocycles. The van der Waals surface area contributed by atoms with Gasteiger partial charge in [-0.15, -0.1) is 0 Å². The van der Waals surface area contributed by atoms with E-state index in [4.69, 9.17) is 0 Å². The van der Waals surface area contributed by atoms with E-state index in [1.807, 2.05) is 31.4 Å². The van der Waals surface area contributed by atoms with Crippen molar-refractivity contribution >= 4 is 11.6 Å². The van der Waals surface area contributed by atoms with E-state index in [1.54, 1.807) is 4.68 Å². The van der Waals surface area contributed by atoms with Crippen LogP contribution in [0.15, 0.2) is 36.5 Å². The van der Waals surface area contributed by atoms with Crippen molar-refractivity contribution in [3.63, 3.8) is 0 Å². The summed E-state index contributed by atoms with van der Waals surface area (Å²) in [6.45, 7) is 1.32. The van der Waals surface area contributed by atoms with Gasteiger partial charge in [0.1, 0.15) is 0 Å². The van der Waals surface area contributed by atoms with Gasteiger partial charge in [-0.05, 0) is 17.7 Å². The number of hydrogen-bond acceptors (Lipinski definition) is 3. The van der Waals surface area contributed by atoms with Gasteiger partial charge in [-0.1, -0.05) is 18.2 Å². The first kappa shape index (κ1) is 12.7. The maximum absolute atomic E-state index is 12.0. The van der Waals surface area contributed by atoms with Gasteiger partial charge in [0.2, 0.25) is 5.91 Å². The van der Waals surface area contributed by atoms with Gasteiger partial charge in [-0.2, -0.15) is 5.10 Å². The molecule has 5 nitrogen and oxygen atoms in total. The Kier molecular flexibility index (Phi) is 3.41. The van der Waals surface area contributed by atoms with E-state index in [0.717, 1.165) is 17.9 Å². The van der Waals surface area contributed by atoms with E-state index in [0.29, 0.717) is 13.0 Å². The van der Waals surface area contributed by atoms with Crippen LogP contribution in [0.1, 0.15) is 23.6 Å². The molecule has 1 aliphatic rings. The van der Waals surface area contributed by atoms with Gasteiger partial charge in [-0.25, -0.2) is 0 Å². The molecule has 3 rings (SSSR count). The highest BCUT2D eigenvalue weighted by Crippen LogP contribution is 2.32. The van der Waals surface area contributed by atoms with E-state index >= 15 is 0 Å². The first-order chi connectivity index (χ1) is 9.72. The summed E-state index contributed by atoms with van der Waals surface area (Å²) in [5, 5.41) is 10.5. The number of para-hydroxylation sites is 1. The van der Waals surface area contributed by atoms with Gasteiger partial charge in [0.15, 0.2) is 0 Å². The largest absolute Gasteiger partial charge is 0.384 e. The highest BCUT2D eigenvalue weighted by atomic mass is 16.1. The molecule has 104 valence electrons. The molecular weight excluding hydrogens is 252 g/mol. The van der Waals surface area contributed by atoms with Gasteiger partial charge in [0.05, 0.1) is 12.2 Å². The molecule has 0 fully saturated rings. The fraction of sp³-hybridized carbons (Fsp3) is 0.333. The van der Waals surface area contributed by atoms with Crippen molar-refractivity contribution < 1.29 is 4.79 Å². The minimum atomic E-state index is 0.0687. The first-order valence-corrected chi connectivity index (χ1v) is 6.80. The molecule has 1 aromatic carbocycles. The van der Waals surface area contributed by atoms with Gasteiger partial charge >= 0.3 is 0 Å². The molecule has 0 saturated heterocycles. The Bertz CT molecular complexity index is 620. The molecule has 2 N–H and O–H groups in total. The lowest BCUT2D eigenvalue weighted by atomic mass is 9.97. The number of carbonyl (C=O) groups is 1. The number of nitrogens with one attached hydrogen (secondary N) is 2. The number of aryl methyl sites for hydroxylation is 1. The minimum Gasteiger partial charge on any atom is -0.384 e. The zero-order valence-corrected chi connectivity index (χ0v) is 11.5. The topological polar surface area (TPSA) is 59.0 Å². The molecule has 1 aromatic heterocycles. The number of hydrogen-bond donors (Lipinski definition) is 2. The molecule has 1 unspecified atom stereocenters. The Morgan fingerprint density at radius 3 is 3.10 bits per heavy atom. The van der Waals surface area contributed by atoms with Crippen LogP contribution >= 0.6 is 0 Å². The summed E-state index contributed by atoms with van der Waals surface area (Å²) in [7, 11) is 1.87. The first-order valence-electron chi connectivity index (χ1n) is 6.80. The normalized spacial score (nSPS) is 16.6. The summed E-state index contributed by atoms with van der Waals surface area (Å²) in [6, 6.07) is 10.1. The maximum Gasteiger partial charge on any atom is 0.221 e. The van der Waals surface area contributed by atoms with Crippen LogP contribution in [-0.4, -0.2) is 22.2 Å². The predicted octanol–water partition coefficient (Wildman–Crippen LogP) is 1.64. The van der Waals surface area contributed by atoms with Crippen molar-refractivity contribution in [2.24, 2.45) is 7.05 Å². The van der Waals surface area contributed by atoms with Crippen LogP contribution in [0.5, 0.6) is 0 Å². The smallest absolute Gasteiger partial charge is 0.221 e. The van der Waals surface area contributed by atoms with Crippen LogP contribution in [-0.2, 0) is 18.4 Å². The Morgan fingerprint density at radius 1 is 1.45 bits per heavy atom. The van der Waals surface area contributed by atoms with Crippen LogP contribution < -0.4 is 10.6 Å². The summed E-state index contributed by atoms with van der Waals surface area (Å²) in [6.07, 6.45) is 2.38. The highest BCUT2D eigenvalue weighted by molar-refractivity contribution is 5.78. The molecular formula is C15H18N4O. The number of nitrogens with zero attached hydrogens (tertiary/aromatic N) is 2. The second-order valence-electron chi connectivity index (χ2n) is 5.13. The number of aromatic nitrogens is 2. The van der Waals surface area contributed by atoms with Crippen molar-refractivity contribution in [2.45, 2.75) is 18.9 Å². The molecule has 2 aromatic rings.